The molecule has 0 bridgehead atoms. The summed E-state index contributed by atoms with van der Waals surface area (Å²) in [7, 11) is 0. The molecule has 0 spiro atoms. The average molecular weight is 544 g/mol. The van der Waals surface area contributed by atoms with Gasteiger partial charge in [-0.25, -0.2) is 18.0 Å². The molecule has 1 unspecified atom stereocenters. The number of nitrogens with zero attached hydrogens (tertiary/aromatic N) is 1. The molecule has 0 aliphatic heterocycles. The molecule has 4 aromatic carbocycles. The normalized spacial score (nSPS) is 11.8. The molecule has 4 nitrogen and oxygen atoms in total. The molecule has 0 aliphatic rings. The van der Waals surface area contributed by atoms with Gasteiger partial charge in [0.1, 0.15) is 17.5 Å². The average Bonchev–Trinajstić information content (AvgIpc) is 2.92. The lowest BCUT2D eigenvalue weighted by molar-refractivity contribution is 0.242. The summed E-state index contributed by atoms with van der Waals surface area (Å²) in [6, 6.07) is 23.4. The predicted octanol–water partition coefficient (Wildman–Crippen LogP) is 7.92. The van der Waals surface area contributed by atoms with E-state index in [9.17, 15) is 18.0 Å². The second kappa shape index (κ2) is 11.6. The summed E-state index contributed by atoms with van der Waals surface area (Å²) < 4.78 is 45.5. The number of urea groups is 1. The first kappa shape index (κ1) is 26.3. The van der Waals surface area contributed by atoms with Crippen molar-refractivity contribution in [3.8, 4) is 11.1 Å². The monoisotopic (exact) mass is 543 g/mol. The van der Waals surface area contributed by atoms with Gasteiger partial charge in [-0.3, -0.25) is 9.71 Å². The Kier molecular flexibility index (Phi) is 7.84. The Balaban J connectivity index is 1.53. The second-order valence-electron chi connectivity index (χ2n) is 9.05. The SMILES string of the molecule is Cc1ccccc1SNC(=O)NC(Cc1cc(F)cc(F)c1)c1ncccc1-c1ccc(F)c2ccccc12. The summed E-state index contributed by atoms with van der Waals surface area (Å²) in [5.41, 5.74) is 3.23. The third-order valence-electron chi connectivity index (χ3n) is 6.34. The van der Waals surface area contributed by atoms with Crippen molar-refractivity contribution in [2.45, 2.75) is 24.3 Å². The Morgan fingerprint density at radius 2 is 1.56 bits per heavy atom. The van der Waals surface area contributed by atoms with Crippen LogP contribution in [0.15, 0.2) is 102 Å². The predicted molar refractivity (Wildman–Crippen MR) is 149 cm³/mol. The number of benzene rings is 4. The van der Waals surface area contributed by atoms with Crippen LogP contribution in [0.1, 0.15) is 22.9 Å². The molecular weight excluding hydrogens is 519 g/mol. The topological polar surface area (TPSA) is 54.0 Å². The fourth-order valence-electron chi connectivity index (χ4n) is 4.56. The van der Waals surface area contributed by atoms with Crippen molar-refractivity contribution in [2.75, 3.05) is 0 Å². The molecule has 0 saturated carbocycles. The van der Waals surface area contributed by atoms with E-state index in [0.29, 0.717) is 27.6 Å². The third kappa shape index (κ3) is 6.07. The van der Waals surface area contributed by atoms with E-state index in [4.69, 9.17) is 0 Å². The van der Waals surface area contributed by atoms with E-state index in [2.05, 4.69) is 15.0 Å². The van der Waals surface area contributed by atoms with Gasteiger partial charge < -0.3 is 5.32 Å². The van der Waals surface area contributed by atoms with Crippen LogP contribution in [0.4, 0.5) is 18.0 Å². The fourth-order valence-corrected chi connectivity index (χ4v) is 5.20. The quantitative estimate of drug-likeness (QED) is 0.205. The van der Waals surface area contributed by atoms with E-state index >= 15 is 0 Å². The summed E-state index contributed by atoms with van der Waals surface area (Å²) in [6.45, 7) is 1.94. The highest BCUT2D eigenvalue weighted by atomic mass is 32.2. The molecule has 5 aromatic rings. The molecule has 39 heavy (non-hydrogen) atoms. The maximum Gasteiger partial charge on any atom is 0.325 e. The molecule has 0 saturated heterocycles. The number of aromatic nitrogens is 1. The Hall–Kier alpha value is -4.30. The first-order valence-corrected chi connectivity index (χ1v) is 13.1. The lowest BCUT2D eigenvalue weighted by atomic mass is 9.92. The number of pyridine rings is 1. The van der Waals surface area contributed by atoms with E-state index in [1.807, 2.05) is 49.4 Å². The zero-order valence-electron chi connectivity index (χ0n) is 20.9. The standard InChI is InChI=1S/C31H24F3N3OS/c1-19-7-2-5-11-29(19)39-37-31(38)36-28(17-20-15-21(32)18-22(33)16-20)30-26(10-6-14-35-30)24-12-13-27(34)25-9-4-3-8-23(24)25/h2-16,18,28H,17H2,1H3,(H2,36,37,38). The Morgan fingerprint density at radius 1 is 0.846 bits per heavy atom. The number of nitrogens with one attached hydrogen (secondary N) is 2. The van der Waals surface area contributed by atoms with E-state index < -0.39 is 23.7 Å². The van der Waals surface area contributed by atoms with Gasteiger partial charge in [0.15, 0.2) is 0 Å². The number of carbonyl (C=O) groups excluding carboxylic acids is 1. The minimum atomic E-state index is -0.760. The van der Waals surface area contributed by atoms with Crippen LogP contribution in [0, 0.1) is 24.4 Å². The van der Waals surface area contributed by atoms with Crippen LogP contribution in [-0.4, -0.2) is 11.0 Å². The van der Waals surface area contributed by atoms with Crippen LogP contribution in [0.2, 0.25) is 0 Å². The van der Waals surface area contributed by atoms with Gasteiger partial charge in [-0.2, -0.15) is 0 Å². The van der Waals surface area contributed by atoms with Crippen LogP contribution in [-0.2, 0) is 6.42 Å². The molecule has 1 heterocycles. The van der Waals surface area contributed by atoms with Crippen LogP contribution >= 0.6 is 11.9 Å². The van der Waals surface area contributed by atoms with E-state index in [0.717, 1.165) is 34.0 Å². The summed E-state index contributed by atoms with van der Waals surface area (Å²) >= 11 is 1.16. The molecule has 196 valence electrons. The van der Waals surface area contributed by atoms with Gasteiger partial charge in [-0.1, -0.05) is 54.6 Å². The molecule has 1 atom stereocenters. The number of fused-ring (bicyclic) bond motifs is 1. The molecule has 2 N–H and O–H groups in total. The van der Waals surface area contributed by atoms with Crippen molar-refractivity contribution in [2.24, 2.45) is 0 Å². The zero-order chi connectivity index (χ0) is 27.4. The minimum Gasteiger partial charge on any atom is -0.329 e. The van der Waals surface area contributed by atoms with Gasteiger partial charge in [0, 0.05) is 28.1 Å². The number of aryl methyl sites for hydroxylation is 1. The first-order chi connectivity index (χ1) is 18.9. The third-order valence-corrected chi connectivity index (χ3v) is 7.31. The first-order valence-electron chi connectivity index (χ1n) is 12.3. The maximum absolute atomic E-state index is 14.6. The smallest absolute Gasteiger partial charge is 0.325 e. The van der Waals surface area contributed by atoms with Gasteiger partial charge in [-0.05, 0) is 77.7 Å². The molecule has 5 rings (SSSR count). The Labute approximate surface area is 228 Å². The van der Waals surface area contributed by atoms with E-state index in [-0.39, 0.29) is 12.2 Å². The summed E-state index contributed by atoms with van der Waals surface area (Å²) in [4.78, 5) is 18.5. The largest absolute Gasteiger partial charge is 0.329 e. The fraction of sp³-hybridized carbons (Fsp3) is 0.0968. The Bertz CT molecular complexity index is 1640. The van der Waals surface area contributed by atoms with Crippen LogP contribution in [0.5, 0.6) is 0 Å². The highest BCUT2D eigenvalue weighted by molar-refractivity contribution is 7.98. The second-order valence-corrected chi connectivity index (χ2v) is 9.90. The maximum atomic E-state index is 14.6. The number of amides is 2. The van der Waals surface area contributed by atoms with E-state index in [1.54, 1.807) is 30.5 Å². The molecule has 8 heteroatoms. The minimum absolute atomic E-state index is 0.0697. The van der Waals surface area contributed by atoms with Crippen LogP contribution in [0.3, 0.4) is 0 Å². The molecule has 0 radical (unpaired) electrons. The summed E-state index contributed by atoms with van der Waals surface area (Å²) in [5.74, 6) is -1.78. The molecule has 1 aromatic heterocycles. The number of halogens is 3. The van der Waals surface area contributed by atoms with Crippen molar-refractivity contribution in [1.82, 2.24) is 15.0 Å². The van der Waals surface area contributed by atoms with Crippen molar-refractivity contribution >= 4 is 28.8 Å². The Morgan fingerprint density at radius 3 is 2.33 bits per heavy atom. The number of rotatable bonds is 7. The van der Waals surface area contributed by atoms with E-state index in [1.165, 1.54) is 18.2 Å². The van der Waals surface area contributed by atoms with Gasteiger partial charge in [0.25, 0.3) is 0 Å². The van der Waals surface area contributed by atoms with Gasteiger partial charge in [0.2, 0.25) is 0 Å². The summed E-state index contributed by atoms with van der Waals surface area (Å²) in [5, 5.41) is 4.06. The van der Waals surface area contributed by atoms with Gasteiger partial charge in [-0.15, -0.1) is 0 Å². The highest BCUT2D eigenvalue weighted by Gasteiger charge is 2.23. The number of carbonyl (C=O) groups is 1. The van der Waals surface area contributed by atoms with Crippen molar-refractivity contribution in [3.63, 3.8) is 0 Å². The molecule has 0 aliphatic carbocycles. The number of hydrogen-bond donors (Lipinski definition) is 2. The molecule has 0 fully saturated rings. The zero-order valence-corrected chi connectivity index (χ0v) is 21.7. The molecular formula is C31H24F3N3OS. The van der Waals surface area contributed by atoms with Crippen LogP contribution in [0.25, 0.3) is 21.9 Å². The lowest BCUT2D eigenvalue weighted by Crippen LogP contribution is -2.36. The molecule has 2 amide bonds. The van der Waals surface area contributed by atoms with Gasteiger partial charge >= 0.3 is 6.03 Å². The van der Waals surface area contributed by atoms with Crippen LogP contribution < -0.4 is 10.0 Å². The van der Waals surface area contributed by atoms with Gasteiger partial charge in [0.05, 0.1) is 11.7 Å². The summed E-state index contributed by atoms with van der Waals surface area (Å²) in [6.07, 6.45) is 1.66. The highest BCUT2D eigenvalue weighted by Crippen LogP contribution is 2.35. The van der Waals surface area contributed by atoms with Crippen molar-refractivity contribution in [1.29, 1.82) is 0 Å². The lowest BCUT2D eigenvalue weighted by Gasteiger charge is -2.22. The van der Waals surface area contributed by atoms with Crippen molar-refractivity contribution in [3.05, 3.63) is 131 Å². The number of hydrogen-bond acceptors (Lipinski definition) is 3. The van der Waals surface area contributed by atoms with Crippen molar-refractivity contribution < 1.29 is 18.0 Å².